The number of carbonyl (C=O) groups excluding carboxylic acids is 1. The van der Waals surface area contributed by atoms with Crippen LogP contribution in [0, 0.1) is 5.92 Å². The second-order valence-electron chi connectivity index (χ2n) is 4.36. The van der Waals surface area contributed by atoms with Crippen molar-refractivity contribution in [1.82, 2.24) is 10.2 Å². The van der Waals surface area contributed by atoms with Gasteiger partial charge >= 0.3 is 5.97 Å². The lowest BCUT2D eigenvalue weighted by atomic mass is 9.97. The average molecular weight is 243 g/mol. The molecule has 0 aromatic rings. The van der Waals surface area contributed by atoms with Crippen molar-refractivity contribution >= 4 is 11.9 Å². The molecule has 1 aliphatic rings. The number of nitrogens with one attached hydrogen (secondary N) is 1. The monoisotopic (exact) mass is 243 g/mol. The second kappa shape index (κ2) is 7.24. The largest absolute Gasteiger partial charge is 0.481 e. The summed E-state index contributed by atoms with van der Waals surface area (Å²) >= 11 is 0. The van der Waals surface area contributed by atoms with E-state index in [9.17, 15) is 9.59 Å². The van der Waals surface area contributed by atoms with Crippen molar-refractivity contribution in [2.24, 2.45) is 11.7 Å². The van der Waals surface area contributed by atoms with Gasteiger partial charge in [0.25, 0.3) is 0 Å². The Balaban J connectivity index is 2.32. The van der Waals surface area contributed by atoms with Crippen LogP contribution in [0.15, 0.2) is 0 Å². The Hall–Kier alpha value is -1.14. The summed E-state index contributed by atoms with van der Waals surface area (Å²) in [5, 5.41) is 11.4. The van der Waals surface area contributed by atoms with Crippen LogP contribution in [0.5, 0.6) is 0 Å². The van der Waals surface area contributed by atoms with Crippen LogP contribution in [-0.2, 0) is 9.59 Å². The number of rotatable bonds is 6. The smallest absolute Gasteiger partial charge is 0.304 e. The van der Waals surface area contributed by atoms with Gasteiger partial charge in [-0.2, -0.15) is 0 Å². The Kier molecular flexibility index (Phi) is 5.93. The summed E-state index contributed by atoms with van der Waals surface area (Å²) in [6, 6.07) is 0. The van der Waals surface area contributed by atoms with Crippen molar-refractivity contribution in [2.45, 2.75) is 19.3 Å². The first-order valence-electron chi connectivity index (χ1n) is 6.05. The molecule has 1 unspecified atom stereocenters. The van der Waals surface area contributed by atoms with Crippen LogP contribution in [-0.4, -0.2) is 54.6 Å². The number of amides is 1. The quantitative estimate of drug-likeness (QED) is 0.570. The molecule has 1 rings (SSSR count). The molecule has 1 amide bonds. The van der Waals surface area contributed by atoms with Crippen molar-refractivity contribution in [3.8, 4) is 0 Å². The number of hydrogen-bond acceptors (Lipinski definition) is 4. The molecule has 1 atom stereocenters. The molecule has 4 N–H and O–H groups in total. The van der Waals surface area contributed by atoms with E-state index >= 15 is 0 Å². The van der Waals surface area contributed by atoms with E-state index in [0.29, 0.717) is 26.2 Å². The number of carbonyl (C=O) groups is 2. The van der Waals surface area contributed by atoms with Gasteiger partial charge in [-0.05, 0) is 19.4 Å². The zero-order chi connectivity index (χ0) is 12.7. The van der Waals surface area contributed by atoms with Crippen LogP contribution in [0.3, 0.4) is 0 Å². The number of aliphatic carboxylic acids is 1. The van der Waals surface area contributed by atoms with Gasteiger partial charge in [-0.1, -0.05) is 0 Å². The lowest BCUT2D eigenvalue weighted by molar-refractivity contribution is -0.137. The molecular formula is C11H21N3O3. The van der Waals surface area contributed by atoms with Gasteiger partial charge in [0.15, 0.2) is 0 Å². The second-order valence-corrected chi connectivity index (χ2v) is 4.36. The van der Waals surface area contributed by atoms with Crippen molar-refractivity contribution in [2.75, 3.05) is 32.7 Å². The maximum absolute atomic E-state index is 11.7. The molecule has 0 bridgehead atoms. The zero-order valence-electron chi connectivity index (χ0n) is 10.0. The van der Waals surface area contributed by atoms with E-state index in [1.807, 2.05) is 4.90 Å². The number of carboxylic acid groups (broad SMARTS) is 1. The summed E-state index contributed by atoms with van der Waals surface area (Å²) in [6.07, 6.45) is 1.96. The highest BCUT2D eigenvalue weighted by molar-refractivity contribution is 5.79. The van der Waals surface area contributed by atoms with Crippen LogP contribution in [0.4, 0.5) is 0 Å². The number of nitrogens with two attached hydrogens (primary N) is 1. The lowest BCUT2D eigenvalue weighted by Gasteiger charge is -2.31. The minimum atomic E-state index is -0.792. The van der Waals surface area contributed by atoms with E-state index in [1.165, 1.54) is 0 Å². The van der Waals surface area contributed by atoms with E-state index in [0.717, 1.165) is 19.4 Å². The fourth-order valence-corrected chi connectivity index (χ4v) is 2.07. The van der Waals surface area contributed by atoms with Gasteiger partial charge in [-0.3, -0.25) is 9.59 Å². The summed E-state index contributed by atoms with van der Waals surface area (Å²) in [5.74, 6) is -0.778. The first-order valence-corrected chi connectivity index (χ1v) is 6.05. The number of piperidine rings is 1. The third-order valence-electron chi connectivity index (χ3n) is 2.96. The fourth-order valence-electron chi connectivity index (χ4n) is 2.07. The van der Waals surface area contributed by atoms with Crippen LogP contribution in [0.2, 0.25) is 0 Å². The van der Waals surface area contributed by atoms with E-state index < -0.39 is 5.97 Å². The summed E-state index contributed by atoms with van der Waals surface area (Å²) in [7, 11) is 0. The highest BCUT2D eigenvalue weighted by Crippen LogP contribution is 2.16. The number of hydrogen-bond donors (Lipinski definition) is 3. The number of nitrogens with zero attached hydrogens (tertiary/aromatic N) is 1. The number of likely N-dealkylation sites (tertiary alicyclic amines) is 1. The van der Waals surface area contributed by atoms with Crippen molar-refractivity contribution in [3.05, 3.63) is 0 Å². The van der Waals surface area contributed by atoms with Gasteiger partial charge in [-0.25, -0.2) is 0 Å². The predicted octanol–water partition coefficient (Wildman–Crippen LogP) is -0.752. The molecular weight excluding hydrogens is 222 g/mol. The molecule has 0 aromatic heterocycles. The molecule has 6 heteroatoms. The van der Waals surface area contributed by atoms with Crippen LogP contribution < -0.4 is 11.1 Å². The summed E-state index contributed by atoms with van der Waals surface area (Å²) in [4.78, 5) is 24.3. The van der Waals surface area contributed by atoms with Gasteiger partial charge in [0.05, 0.1) is 12.3 Å². The maximum Gasteiger partial charge on any atom is 0.304 e. The molecule has 1 fully saturated rings. The molecule has 1 saturated heterocycles. The Morgan fingerprint density at radius 2 is 2.24 bits per heavy atom. The van der Waals surface area contributed by atoms with Crippen LogP contribution >= 0.6 is 0 Å². The minimum Gasteiger partial charge on any atom is -0.481 e. The first-order chi connectivity index (χ1) is 8.13. The van der Waals surface area contributed by atoms with Crippen molar-refractivity contribution < 1.29 is 14.7 Å². The molecule has 0 aromatic carbocycles. The van der Waals surface area contributed by atoms with Gasteiger partial charge in [0.2, 0.25) is 5.91 Å². The van der Waals surface area contributed by atoms with Gasteiger partial charge in [-0.15, -0.1) is 0 Å². The summed E-state index contributed by atoms with van der Waals surface area (Å²) in [6.45, 7) is 3.01. The molecule has 98 valence electrons. The molecule has 1 aliphatic heterocycles. The molecule has 17 heavy (non-hydrogen) atoms. The third kappa shape index (κ3) is 5.14. The van der Waals surface area contributed by atoms with Crippen molar-refractivity contribution in [1.29, 1.82) is 0 Å². The maximum atomic E-state index is 11.7. The van der Waals surface area contributed by atoms with Gasteiger partial charge < -0.3 is 21.1 Å². The van der Waals surface area contributed by atoms with Gasteiger partial charge in [0, 0.05) is 26.2 Å². The average Bonchev–Trinajstić information content (AvgIpc) is 2.33. The highest BCUT2D eigenvalue weighted by atomic mass is 16.4. The minimum absolute atomic E-state index is 0.0240. The van der Waals surface area contributed by atoms with E-state index in [1.54, 1.807) is 0 Å². The van der Waals surface area contributed by atoms with E-state index in [2.05, 4.69) is 5.32 Å². The lowest BCUT2D eigenvalue weighted by Crippen LogP contribution is -2.44. The summed E-state index contributed by atoms with van der Waals surface area (Å²) < 4.78 is 0. The third-order valence-corrected chi connectivity index (χ3v) is 2.96. The summed E-state index contributed by atoms with van der Waals surface area (Å²) in [5.41, 5.74) is 5.32. The Labute approximate surface area is 101 Å². The fraction of sp³-hybridized carbons (Fsp3) is 0.818. The molecule has 6 nitrogen and oxygen atoms in total. The molecule has 0 radical (unpaired) electrons. The number of carboxylic acids is 1. The standard InChI is InChI=1S/C11H21N3O3/c12-4-5-13-11(17)9-2-1-6-14(8-9)7-3-10(15)16/h9H,1-8,12H2,(H,13,17)(H,15,16). The SMILES string of the molecule is NCCNC(=O)C1CCCN(CCC(=O)O)C1. The van der Waals surface area contributed by atoms with E-state index in [4.69, 9.17) is 10.8 Å². The predicted molar refractivity (Wildman–Crippen MR) is 63.5 cm³/mol. The van der Waals surface area contributed by atoms with Crippen LogP contribution in [0.1, 0.15) is 19.3 Å². The Morgan fingerprint density at radius 3 is 2.88 bits per heavy atom. The van der Waals surface area contributed by atoms with Gasteiger partial charge in [0.1, 0.15) is 0 Å². The van der Waals surface area contributed by atoms with Crippen molar-refractivity contribution in [3.63, 3.8) is 0 Å². The Morgan fingerprint density at radius 1 is 1.47 bits per heavy atom. The molecule has 1 heterocycles. The van der Waals surface area contributed by atoms with Crippen LogP contribution in [0.25, 0.3) is 0 Å². The highest BCUT2D eigenvalue weighted by Gasteiger charge is 2.25. The molecule has 0 aliphatic carbocycles. The molecule has 0 saturated carbocycles. The zero-order valence-corrected chi connectivity index (χ0v) is 10.0. The normalized spacial score (nSPS) is 21.1. The molecule has 0 spiro atoms. The first kappa shape index (κ1) is 13.9. The topological polar surface area (TPSA) is 95.7 Å². The van der Waals surface area contributed by atoms with E-state index in [-0.39, 0.29) is 18.2 Å². The Bertz CT molecular complexity index is 271.